The maximum Gasteiger partial charge on any atom is 0.309 e. The van der Waals surface area contributed by atoms with Gasteiger partial charge in [-0.3, -0.25) is 4.79 Å². The van der Waals surface area contributed by atoms with Crippen molar-refractivity contribution in [3.8, 4) is 0 Å². The lowest BCUT2D eigenvalue weighted by molar-refractivity contribution is -0.145. The van der Waals surface area contributed by atoms with Crippen LogP contribution < -0.4 is 0 Å². The third-order valence-corrected chi connectivity index (χ3v) is 4.14. The van der Waals surface area contributed by atoms with Crippen LogP contribution in [0.5, 0.6) is 0 Å². The Balaban J connectivity index is 2.30. The van der Waals surface area contributed by atoms with Crippen molar-refractivity contribution in [3.05, 3.63) is 12.2 Å². The van der Waals surface area contributed by atoms with E-state index < -0.39 is 24.1 Å². The topological polar surface area (TPSA) is 77.8 Å². The Kier molecular flexibility index (Phi) is 7.85. The molecule has 1 aliphatic carbocycles. The molecule has 1 saturated carbocycles. The van der Waals surface area contributed by atoms with E-state index in [0.717, 1.165) is 19.3 Å². The molecular weight excluding hydrogens is 256 g/mol. The van der Waals surface area contributed by atoms with Crippen molar-refractivity contribution in [2.24, 2.45) is 11.8 Å². The fourth-order valence-electron chi connectivity index (χ4n) is 2.90. The lowest BCUT2D eigenvalue weighted by Gasteiger charge is -2.15. The third kappa shape index (κ3) is 5.63. The van der Waals surface area contributed by atoms with Crippen LogP contribution in [0.15, 0.2) is 12.2 Å². The van der Waals surface area contributed by atoms with Gasteiger partial charge in [0.05, 0.1) is 18.1 Å². The van der Waals surface area contributed by atoms with Gasteiger partial charge < -0.3 is 15.3 Å². The molecule has 0 heterocycles. The summed E-state index contributed by atoms with van der Waals surface area (Å²) in [7, 11) is 0. The van der Waals surface area contributed by atoms with E-state index in [1.807, 2.05) is 0 Å². The molecule has 0 amide bonds. The van der Waals surface area contributed by atoms with Crippen LogP contribution in [0.25, 0.3) is 0 Å². The SMILES string of the molecule is CCCCCCCC(O)C=CC1CCC(O)C1C(=O)O. The number of unbranched alkanes of at least 4 members (excludes halogenated alkanes) is 4. The van der Waals surface area contributed by atoms with Crippen LogP contribution in [0.3, 0.4) is 0 Å². The minimum Gasteiger partial charge on any atom is -0.481 e. The van der Waals surface area contributed by atoms with Crippen molar-refractivity contribution in [3.63, 3.8) is 0 Å². The summed E-state index contributed by atoms with van der Waals surface area (Å²) >= 11 is 0. The molecule has 0 saturated heterocycles. The third-order valence-electron chi connectivity index (χ3n) is 4.14. The first kappa shape index (κ1) is 17.2. The highest BCUT2D eigenvalue weighted by Gasteiger charge is 2.38. The number of hydrogen-bond acceptors (Lipinski definition) is 3. The predicted molar refractivity (Wildman–Crippen MR) is 78.4 cm³/mol. The summed E-state index contributed by atoms with van der Waals surface area (Å²) in [5.41, 5.74) is 0. The summed E-state index contributed by atoms with van der Waals surface area (Å²) in [5, 5.41) is 28.6. The summed E-state index contributed by atoms with van der Waals surface area (Å²) in [6, 6.07) is 0. The minimum atomic E-state index is -0.946. The van der Waals surface area contributed by atoms with Crippen molar-refractivity contribution in [2.75, 3.05) is 0 Å². The van der Waals surface area contributed by atoms with E-state index in [2.05, 4.69) is 6.92 Å². The molecule has 0 aliphatic heterocycles. The number of carboxylic acids is 1. The number of carbonyl (C=O) groups is 1. The highest BCUT2D eigenvalue weighted by Crippen LogP contribution is 2.33. The molecule has 1 aliphatic rings. The van der Waals surface area contributed by atoms with Gasteiger partial charge in [-0.2, -0.15) is 0 Å². The first-order valence-electron chi connectivity index (χ1n) is 7.83. The Labute approximate surface area is 121 Å². The molecule has 1 fully saturated rings. The second-order valence-electron chi connectivity index (χ2n) is 5.83. The van der Waals surface area contributed by atoms with Gasteiger partial charge in [-0.05, 0) is 25.2 Å². The molecule has 0 aromatic heterocycles. The Hall–Kier alpha value is -0.870. The average Bonchev–Trinajstić information content (AvgIpc) is 2.77. The molecule has 0 radical (unpaired) electrons. The molecule has 4 atom stereocenters. The molecule has 4 nitrogen and oxygen atoms in total. The van der Waals surface area contributed by atoms with Crippen LogP contribution in [0, 0.1) is 11.8 Å². The van der Waals surface area contributed by atoms with Crippen molar-refractivity contribution >= 4 is 5.97 Å². The zero-order valence-electron chi connectivity index (χ0n) is 12.4. The highest BCUT2D eigenvalue weighted by atomic mass is 16.4. The summed E-state index contributed by atoms with van der Waals surface area (Å²) in [4.78, 5) is 11.1. The zero-order chi connectivity index (χ0) is 15.0. The van der Waals surface area contributed by atoms with Gasteiger partial charge in [0, 0.05) is 0 Å². The normalized spacial score (nSPS) is 28.1. The Bertz CT molecular complexity index is 314. The molecule has 20 heavy (non-hydrogen) atoms. The summed E-state index contributed by atoms with van der Waals surface area (Å²) in [6.45, 7) is 2.17. The Morgan fingerprint density at radius 3 is 2.60 bits per heavy atom. The van der Waals surface area contributed by atoms with Crippen LogP contribution >= 0.6 is 0 Å². The smallest absolute Gasteiger partial charge is 0.309 e. The van der Waals surface area contributed by atoms with E-state index in [9.17, 15) is 15.0 Å². The van der Waals surface area contributed by atoms with Crippen LogP contribution in [-0.2, 0) is 4.79 Å². The van der Waals surface area contributed by atoms with Crippen LogP contribution in [-0.4, -0.2) is 33.5 Å². The van der Waals surface area contributed by atoms with Gasteiger partial charge in [0.25, 0.3) is 0 Å². The van der Waals surface area contributed by atoms with Crippen LogP contribution in [0.1, 0.15) is 58.3 Å². The Morgan fingerprint density at radius 1 is 1.25 bits per heavy atom. The van der Waals surface area contributed by atoms with Gasteiger partial charge in [-0.1, -0.05) is 51.2 Å². The Morgan fingerprint density at radius 2 is 1.95 bits per heavy atom. The molecule has 3 N–H and O–H groups in total. The second kappa shape index (κ2) is 9.14. The van der Waals surface area contributed by atoms with Gasteiger partial charge in [0.2, 0.25) is 0 Å². The molecule has 0 bridgehead atoms. The monoisotopic (exact) mass is 284 g/mol. The highest BCUT2D eigenvalue weighted by molar-refractivity contribution is 5.72. The average molecular weight is 284 g/mol. The molecule has 0 aromatic rings. The molecule has 4 heteroatoms. The fourth-order valence-corrected chi connectivity index (χ4v) is 2.90. The number of aliphatic carboxylic acids is 1. The van der Waals surface area contributed by atoms with E-state index in [1.165, 1.54) is 19.3 Å². The van der Waals surface area contributed by atoms with E-state index in [4.69, 9.17) is 5.11 Å². The van der Waals surface area contributed by atoms with Crippen LogP contribution in [0.2, 0.25) is 0 Å². The van der Waals surface area contributed by atoms with Crippen molar-refractivity contribution < 1.29 is 20.1 Å². The summed E-state index contributed by atoms with van der Waals surface area (Å²) in [5.74, 6) is -1.82. The number of hydrogen-bond donors (Lipinski definition) is 3. The lowest BCUT2D eigenvalue weighted by atomic mass is 9.94. The van der Waals surface area contributed by atoms with Crippen LogP contribution in [0.4, 0.5) is 0 Å². The zero-order valence-corrected chi connectivity index (χ0v) is 12.4. The van der Waals surface area contributed by atoms with Gasteiger partial charge in [-0.25, -0.2) is 0 Å². The minimum absolute atomic E-state index is 0.155. The fraction of sp³-hybridized carbons (Fsp3) is 0.812. The summed E-state index contributed by atoms with van der Waals surface area (Å²) in [6.07, 6.45) is 9.98. The van der Waals surface area contributed by atoms with E-state index in [1.54, 1.807) is 12.2 Å². The maximum absolute atomic E-state index is 11.1. The van der Waals surface area contributed by atoms with E-state index >= 15 is 0 Å². The van der Waals surface area contributed by atoms with Crippen molar-refractivity contribution in [2.45, 2.75) is 70.5 Å². The van der Waals surface area contributed by atoms with E-state index in [0.29, 0.717) is 12.8 Å². The molecule has 1 rings (SSSR count). The van der Waals surface area contributed by atoms with Gasteiger partial charge in [-0.15, -0.1) is 0 Å². The quantitative estimate of drug-likeness (QED) is 0.449. The maximum atomic E-state index is 11.1. The van der Waals surface area contributed by atoms with Crippen molar-refractivity contribution in [1.82, 2.24) is 0 Å². The van der Waals surface area contributed by atoms with Gasteiger partial charge >= 0.3 is 5.97 Å². The summed E-state index contributed by atoms with van der Waals surface area (Å²) < 4.78 is 0. The molecular formula is C16H28O4. The molecule has 4 unspecified atom stereocenters. The van der Waals surface area contributed by atoms with E-state index in [-0.39, 0.29) is 5.92 Å². The second-order valence-corrected chi connectivity index (χ2v) is 5.83. The molecule has 0 aromatic carbocycles. The number of carboxylic acid groups (broad SMARTS) is 1. The molecule has 0 spiro atoms. The number of aliphatic hydroxyl groups is 2. The number of aliphatic hydroxyl groups excluding tert-OH is 2. The number of allylic oxidation sites excluding steroid dienone is 1. The largest absolute Gasteiger partial charge is 0.481 e. The first-order valence-corrected chi connectivity index (χ1v) is 7.83. The predicted octanol–water partition coefficient (Wildman–Crippen LogP) is 2.74. The van der Waals surface area contributed by atoms with Crippen molar-refractivity contribution in [1.29, 1.82) is 0 Å². The molecule has 116 valence electrons. The number of rotatable bonds is 9. The standard InChI is InChI=1S/C16H28O4/c1-2-3-4-5-6-7-13(17)10-8-12-9-11-14(18)15(12)16(19)20/h8,10,12-15,17-18H,2-7,9,11H2,1H3,(H,19,20). The lowest BCUT2D eigenvalue weighted by Crippen LogP contribution is -2.27. The van der Waals surface area contributed by atoms with Gasteiger partial charge in [0.1, 0.15) is 0 Å². The first-order chi connectivity index (χ1) is 9.56. The van der Waals surface area contributed by atoms with Gasteiger partial charge in [0.15, 0.2) is 0 Å².